The lowest BCUT2D eigenvalue weighted by molar-refractivity contribution is 0.122. The highest BCUT2D eigenvalue weighted by Gasteiger charge is 2.16. The molecule has 1 saturated heterocycles. The number of carbonyl (C=O) groups excluding carboxylic acids is 1. The highest BCUT2D eigenvalue weighted by Crippen LogP contribution is 2.24. The SMILES string of the molecule is COCCCNC(=O)Nc1ccc(-c2nc(CSC)cc(N3CCOCC3)n2)cc1. The maximum Gasteiger partial charge on any atom is 0.319 e. The van der Waals surface area contributed by atoms with Gasteiger partial charge in [0.15, 0.2) is 5.82 Å². The molecule has 2 N–H and O–H groups in total. The molecule has 1 aliphatic rings. The van der Waals surface area contributed by atoms with Crippen LogP contribution in [0.1, 0.15) is 12.1 Å². The van der Waals surface area contributed by atoms with Crippen LogP contribution < -0.4 is 15.5 Å². The van der Waals surface area contributed by atoms with E-state index in [-0.39, 0.29) is 6.03 Å². The largest absolute Gasteiger partial charge is 0.385 e. The fourth-order valence-electron chi connectivity index (χ4n) is 3.08. The molecule has 2 amide bonds. The summed E-state index contributed by atoms with van der Waals surface area (Å²) in [6.45, 7) is 4.28. The quantitative estimate of drug-likeness (QED) is 0.590. The van der Waals surface area contributed by atoms with Crippen molar-refractivity contribution in [2.75, 3.05) is 63.0 Å². The van der Waals surface area contributed by atoms with Gasteiger partial charge in [-0.2, -0.15) is 11.8 Å². The Bertz CT molecular complexity index is 813. The van der Waals surface area contributed by atoms with Gasteiger partial charge in [-0.15, -0.1) is 0 Å². The van der Waals surface area contributed by atoms with E-state index in [1.807, 2.05) is 24.3 Å². The molecular formula is C21H29N5O3S. The standard InChI is InChI=1S/C21H29N5O3S/c1-28-11-3-8-22-21(27)24-17-6-4-16(5-7-17)20-23-18(15-30-2)14-19(25-20)26-9-12-29-13-10-26/h4-7,14H,3,8-13,15H2,1-2H3,(H2,22,24,27). The van der Waals surface area contributed by atoms with Crippen molar-refractivity contribution in [2.24, 2.45) is 0 Å². The van der Waals surface area contributed by atoms with Gasteiger partial charge in [-0.1, -0.05) is 0 Å². The van der Waals surface area contributed by atoms with E-state index in [9.17, 15) is 4.79 Å². The number of carbonyl (C=O) groups is 1. The molecule has 2 heterocycles. The van der Waals surface area contributed by atoms with Gasteiger partial charge in [-0.05, 0) is 36.9 Å². The number of methoxy groups -OCH3 is 1. The second-order valence-corrected chi connectivity index (χ2v) is 7.74. The summed E-state index contributed by atoms with van der Waals surface area (Å²) in [5.41, 5.74) is 2.64. The maximum atomic E-state index is 12.0. The van der Waals surface area contributed by atoms with Crippen LogP contribution in [0.3, 0.4) is 0 Å². The number of ether oxygens (including phenoxy) is 2. The summed E-state index contributed by atoms with van der Waals surface area (Å²) >= 11 is 1.74. The molecule has 0 atom stereocenters. The highest BCUT2D eigenvalue weighted by atomic mass is 32.2. The third kappa shape index (κ3) is 6.58. The summed E-state index contributed by atoms with van der Waals surface area (Å²) in [5.74, 6) is 2.46. The van der Waals surface area contributed by atoms with Gasteiger partial charge in [0.2, 0.25) is 0 Å². The second kappa shape index (κ2) is 11.7. The van der Waals surface area contributed by atoms with Crippen LogP contribution in [0.15, 0.2) is 30.3 Å². The third-order valence-corrected chi connectivity index (χ3v) is 5.19. The van der Waals surface area contributed by atoms with Crippen LogP contribution >= 0.6 is 11.8 Å². The molecule has 0 bridgehead atoms. The first kappa shape index (κ1) is 22.3. The molecule has 1 aliphatic heterocycles. The molecule has 0 radical (unpaired) electrons. The average Bonchev–Trinajstić information content (AvgIpc) is 2.78. The van der Waals surface area contributed by atoms with Crippen LogP contribution in [-0.4, -0.2) is 68.8 Å². The Balaban J connectivity index is 1.70. The van der Waals surface area contributed by atoms with Crippen molar-refractivity contribution in [3.05, 3.63) is 36.0 Å². The van der Waals surface area contributed by atoms with Gasteiger partial charge >= 0.3 is 6.03 Å². The van der Waals surface area contributed by atoms with Gasteiger partial charge in [0.25, 0.3) is 0 Å². The number of anilines is 2. The third-order valence-electron chi connectivity index (χ3n) is 4.60. The summed E-state index contributed by atoms with van der Waals surface area (Å²) in [4.78, 5) is 23.7. The first-order valence-corrected chi connectivity index (χ1v) is 11.4. The lowest BCUT2D eigenvalue weighted by Crippen LogP contribution is -2.37. The lowest BCUT2D eigenvalue weighted by Gasteiger charge is -2.28. The summed E-state index contributed by atoms with van der Waals surface area (Å²) in [7, 11) is 1.64. The van der Waals surface area contributed by atoms with Crippen molar-refractivity contribution in [3.63, 3.8) is 0 Å². The van der Waals surface area contributed by atoms with Gasteiger partial charge < -0.3 is 25.0 Å². The van der Waals surface area contributed by atoms with Crippen LogP contribution in [0.4, 0.5) is 16.3 Å². The second-order valence-electron chi connectivity index (χ2n) is 6.88. The smallest absolute Gasteiger partial charge is 0.319 e. The first-order chi connectivity index (χ1) is 14.7. The van der Waals surface area contributed by atoms with Gasteiger partial charge in [0.05, 0.1) is 18.9 Å². The number of hydrogen-bond donors (Lipinski definition) is 2. The number of nitrogens with zero attached hydrogens (tertiary/aromatic N) is 3. The Labute approximate surface area is 181 Å². The van der Waals surface area contributed by atoms with Crippen molar-refractivity contribution in [2.45, 2.75) is 12.2 Å². The number of benzene rings is 1. The fourth-order valence-corrected chi connectivity index (χ4v) is 3.53. The van der Waals surface area contributed by atoms with Gasteiger partial charge in [0.1, 0.15) is 5.82 Å². The minimum absolute atomic E-state index is 0.230. The molecule has 9 heteroatoms. The van der Waals surface area contributed by atoms with E-state index in [1.54, 1.807) is 18.9 Å². The first-order valence-electron chi connectivity index (χ1n) is 10.0. The Kier molecular flexibility index (Phi) is 8.73. The number of hydrogen-bond acceptors (Lipinski definition) is 7. The average molecular weight is 432 g/mol. The Morgan fingerprint density at radius 2 is 2.00 bits per heavy atom. The summed E-state index contributed by atoms with van der Waals surface area (Å²) in [6, 6.07) is 9.43. The summed E-state index contributed by atoms with van der Waals surface area (Å²) in [6.07, 6.45) is 2.84. The van der Waals surface area contributed by atoms with Crippen molar-refractivity contribution in [3.8, 4) is 11.4 Å². The van der Waals surface area contributed by atoms with Crippen LogP contribution in [-0.2, 0) is 15.2 Å². The molecule has 1 aromatic carbocycles. The zero-order chi connectivity index (χ0) is 21.2. The summed E-state index contributed by atoms with van der Waals surface area (Å²) in [5, 5.41) is 5.64. The number of thioether (sulfide) groups is 1. The normalized spacial score (nSPS) is 13.9. The minimum Gasteiger partial charge on any atom is -0.385 e. The zero-order valence-corrected chi connectivity index (χ0v) is 18.3. The van der Waals surface area contributed by atoms with Gasteiger partial charge in [-0.3, -0.25) is 0 Å². The van der Waals surface area contributed by atoms with Crippen LogP contribution in [0.25, 0.3) is 11.4 Å². The molecular weight excluding hydrogens is 402 g/mol. The Hall–Kier alpha value is -2.36. The van der Waals surface area contributed by atoms with Crippen molar-refractivity contribution >= 4 is 29.3 Å². The van der Waals surface area contributed by atoms with E-state index < -0.39 is 0 Å². The van der Waals surface area contributed by atoms with E-state index in [0.29, 0.717) is 32.2 Å². The molecule has 0 spiro atoms. The molecule has 0 unspecified atom stereocenters. The fraction of sp³-hybridized carbons (Fsp3) is 0.476. The molecule has 8 nitrogen and oxygen atoms in total. The van der Waals surface area contributed by atoms with Crippen molar-refractivity contribution in [1.29, 1.82) is 0 Å². The number of amides is 2. The molecule has 2 aromatic rings. The van der Waals surface area contributed by atoms with Crippen LogP contribution in [0, 0.1) is 0 Å². The lowest BCUT2D eigenvalue weighted by atomic mass is 10.2. The molecule has 3 rings (SSSR count). The highest BCUT2D eigenvalue weighted by molar-refractivity contribution is 7.97. The van der Waals surface area contributed by atoms with Crippen molar-refractivity contribution < 1.29 is 14.3 Å². The number of morpholine rings is 1. The zero-order valence-electron chi connectivity index (χ0n) is 17.5. The molecule has 1 aromatic heterocycles. The number of nitrogens with one attached hydrogen (secondary N) is 2. The Morgan fingerprint density at radius 1 is 1.23 bits per heavy atom. The van der Waals surface area contributed by atoms with E-state index in [4.69, 9.17) is 19.4 Å². The minimum atomic E-state index is -0.230. The number of rotatable bonds is 9. The molecule has 162 valence electrons. The van der Waals surface area contributed by atoms with Gasteiger partial charge in [0, 0.05) is 56.4 Å². The van der Waals surface area contributed by atoms with E-state index in [1.165, 1.54) is 0 Å². The topological polar surface area (TPSA) is 88.6 Å². The number of aromatic nitrogens is 2. The van der Waals surface area contributed by atoms with E-state index in [0.717, 1.165) is 48.0 Å². The maximum absolute atomic E-state index is 12.0. The molecule has 0 aliphatic carbocycles. The van der Waals surface area contributed by atoms with Crippen molar-refractivity contribution in [1.82, 2.24) is 15.3 Å². The van der Waals surface area contributed by atoms with Crippen LogP contribution in [0.5, 0.6) is 0 Å². The summed E-state index contributed by atoms with van der Waals surface area (Å²) < 4.78 is 10.4. The van der Waals surface area contributed by atoms with E-state index >= 15 is 0 Å². The van der Waals surface area contributed by atoms with Crippen LogP contribution in [0.2, 0.25) is 0 Å². The molecule has 0 saturated carbocycles. The predicted molar refractivity (Wildman–Crippen MR) is 121 cm³/mol. The van der Waals surface area contributed by atoms with E-state index in [2.05, 4.69) is 27.9 Å². The molecule has 1 fully saturated rings. The van der Waals surface area contributed by atoms with Gasteiger partial charge in [-0.25, -0.2) is 14.8 Å². The molecule has 30 heavy (non-hydrogen) atoms. The predicted octanol–water partition coefficient (Wildman–Crippen LogP) is 3.00. The Morgan fingerprint density at radius 3 is 2.70 bits per heavy atom. The number of urea groups is 1. The monoisotopic (exact) mass is 431 g/mol.